The summed E-state index contributed by atoms with van der Waals surface area (Å²) < 4.78 is 70.0. The van der Waals surface area contributed by atoms with E-state index in [1.165, 1.54) is 6.07 Å². The Balaban J connectivity index is 1.63. The fraction of sp³-hybridized carbons (Fsp3) is 0.200. The van der Waals surface area contributed by atoms with E-state index in [-0.39, 0.29) is 34.1 Å². The van der Waals surface area contributed by atoms with Gasteiger partial charge in [-0.15, -0.1) is 13.2 Å². The highest BCUT2D eigenvalue weighted by molar-refractivity contribution is 9.10. The maximum atomic E-state index is 12.9. The molecule has 10 nitrogen and oxygen atoms in total. The van der Waals surface area contributed by atoms with Crippen molar-refractivity contribution < 1.29 is 45.5 Å². The first kappa shape index (κ1) is 24.7. The number of rotatable bonds is 5. The highest BCUT2D eigenvalue weighted by Crippen LogP contribution is 2.34. The maximum absolute atomic E-state index is 12.9. The second-order valence-electron chi connectivity index (χ2n) is 7.45. The fourth-order valence-electron chi connectivity index (χ4n) is 3.65. The monoisotopic (exact) mass is 575 g/mol. The summed E-state index contributed by atoms with van der Waals surface area (Å²) in [7, 11) is -4.64. The van der Waals surface area contributed by atoms with Crippen molar-refractivity contribution >= 4 is 55.3 Å². The minimum atomic E-state index is -5.16. The minimum absolute atomic E-state index is 0.0683. The van der Waals surface area contributed by atoms with Gasteiger partial charge in [-0.1, -0.05) is 15.9 Å². The van der Waals surface area contributed by atoms with Crippen LogP contribution in [0.25, 0.3) is 0 Å². The summed E-state index contributed by atoms with van der Waals surface area (Å²) >= 11 is 2.95. The van der Waals surface area contributed by atoms with E-state index in [2.05, 4.69) is 25.4 Å². The number of imide groups is 2. The number of nitrogens with zero attached hydrogens (tertiary/aromatic N) is 1. The number of hydrogen-bond donors (Lipinski definition) is 2. The van der Waals surface area contributed by atoms with Crippen LogP contribution in [-0.2, 0) is 19.6 Å². The number of benzene rings is 2. The lowest BCUT2D eigenvalue weighted by molar-refractivity contribution is -0.275. The maximum Gasteiger partial charge on any atom is 0.573 e. The minimum Gasteiger partial charge on any atom is -0.404 e. The van der Waals surface area contributed by atoms with Crippen LogP contribution >= 0.6 is 15.9 Å². The van der Waals surface area contributed by atoms with Gasteiger partial charge in [-0.25, -0.2) is 8.42 Å². The molecule has 4 rings (SSSR count). The Morgan fingerprint density at radius 1 is 1.03 bits per heavy atom. The van der Waals surface area contributed by atoms with Crippen LogP contribution in [0.15, 0.2) is 45.8 Å². The third-order valence-electron chi connectivity index (χ3n) is 5.11. The number of hydrogen-bond acceptors (Lipinski definition) is 7. The number of nitrogens with one attached hydrogen (secondary N) is 2. The van der Waals surface area contributed by atoms with Crippen LogP contribution < -0.4 is 14.8 Å². The summed E-state index contributed by atoms with van der Waals surface area (Å²) in [6.45, 7) is 0. The predicted octanol–water partition coefficient (Wildman–Crippen LogP) is 2.55. The molecule has 0 radical (unpaired) electrons. The zero-order chi connectivity index (χ0) is 25.7. The first-order valence-corrected chi connectivity index (χ1v) is 12.0. The predicted molar refractivity (Wildman–Crippen MR) is 115 cm³/mol. The van der Waals surface area contributed by atoms with E-state index < -0.39 is 56.7 Å². The first-order valence-electron chi connectivity index (χ1n) is 9.70. The average Bonchev–Trinajstić information content (AvgIpc) is 2.96. The molecule has 15 heteroatoms. The van der Waals surface area contributed by atoms with Crippen molar-refractivity contribution in [1.29, 1.82) is 0 Å². The van der Waals surface area contributed by atoms with E-state index in [0.717, 1.165) is 30.3 Å². The van der Waals surface area contributed by atoms with Gasteiger partial charge in [0.1, 0.15) is 10.9 Å². The van der Waals surface area contributed by atoms with Crippen molar-refractivity contribution in [2.45, 2.75) is 30.1 Å². The molecule has 1 saturated heterocycles. The molecule has 2 aliphatic rings. The Labute approximate surface area is 203 Å². The molecular weight excluding hydrogens is 563 g/mol. The van der Waals surface area contributed by atoms with Gasteiger partial charge < -0.3 is 4.74 Å². The fourth-order valence-corrected chi connectivity index (χ4v) is 5.15. The number of ether oxygens (including phenoxy) is 1. The second-order valence-corrected chi connectivity index (χ2v) is 10.0. The van der Waals surface area contributed by atoms with Gasteiger partial charge in [0.05, 0.1) is 11.1 Å². The third kappa shape index (κ3) is 4.86. The number of amides is 4. The quantitative estimate of drug-likeness (QED) is 0.522. The highest BCUT2D eigenvalue weighted by Gasteiger charge is 2.44. The van der Waals surface area contributed by atoms with Gasteiger partial charge in [-0.3, -0.25) is 34.1 Å². The van der Waals surface area contributed by atoms with Gasteiger partial charge in [0.2, 0.25) is 11.8 Å². The highest BCUT2D eigenvalue weighted by atomic mass is 79.9. The van der Waals surface area contributed by atoms with E-state index in [0.29, 0.717) is 4.90 Å². The summed E-state index contributed by atoms with van der Waals surface area (Å²) in [6, 6.07) is 5.01. The van der Waals surface area contributed by atoms with Crippen LogP contribution in [0.3, 0.4) is 0 Å². The average molecular weight is 576 g/mol. The molecule has 184 valence electrons. The molecule has 2 heterocycles. The molecule has 2 N–H and O–H groups in total. The van der Waals surface area contributed by atoms with E-state index in [1.54, 1.807) is 0 Å². The van der Waals surface area contributed by atoms with Crippen molar-refractivity contribution in [2.75, 3.05) is 4.72 Å². The standard InChI is InChI=1S/C20H13BrF3N3O7S/c21-9-1-5-15(14(7-9)34-20(22,23)24)35(32,33)26-10-2-3-11-12(8-10)19(31)27(18(11)30)13-4-6-16(28)25-17(13)29/h1-3,5,7-8,13,26H,4,6H2,(H,25,28,29). The molecule has 0 spiro atoms. The number of carbonyl (C=O) groups excluding carboxylic acids is 4. The van der Waals surface area contributed by atoms with Crippen molar-refractivity contribution in [3.05, 3.63) is 52.0 Å². The third-order valence-corrected chi connectivity index (χ3v) is 7.03. The van der Waals surface area contributed by atoms with Crippen LogP contribution in [0, 0.1) is 0 Å². The number of carbonyl (C=O) groups is 4. The van der Waals surface area contributed by atoms with Crippen molar-refractivity contribution in [3.8, 4) is 5.75 Å². The van der Waals surface area contributed by atoms with Crippen LogP contribution in [0.1, 0.15) is 33.6 Å². The molecule has 2 aromatic rings. The van der Waals surface area contributed by atoms with Gasteiger partial charge in [0.15, 0.2) is 5.75 Å². The number of fused-ring (bicyclic) bond motifs is 1. The van der Waals surface area contributed by atoms with Crippen molar-refractivity contribution in [3.63, 3.8) is 0 Å². The van der Waals surface area contributed by atoms with Gasteiger partial charge in [-0.05, 0) is 42.8 Å². The molecule has 0 aromatic heterocycles. The van der Waals surface area contributed by atoms with Gasteiger partial charge >= 0.3 is 6.36 Å². The molecule has 0 saturated carbocycles. The van der Waals surface area contributed by atoms with Gasteiger partial charge in [0, 0.05) is 16.6 Å². The number of alkyl halides is 3. The van der Waals surface area contributed by atoms with Gasteiger partial charge in [-0.2, -0.15) is 0 Å². The smallest absolute Gasteiger partial charge is 0.404 e. The molecule has 1 unspecified atom stereocenters. The van der Waals surface area contributed by atoms with E-state index >= 15 is 0 Å². The molecule has 4 amide bonds. The van der Waals surface area contributed by atoms with Gasteiger partial charge in [0.25, 0.3) is 21.8 Å². The first-order chi connectivity index (χ1) is 16.3. The Kier molecular flexibility index (Phi) is 6.09. The van der Waals surface area contributed by atoms with Crippen LogP contribution in [0.4, 0.5) is 18.9 Å². The van der Waals surface area contributed by atoms with E-state index in [9.17, 15) is 40.8 Å². The summed E-state index contributed by atoms with van der Waals surface area (Å²) in [5.41, 5.74) is -0.550. The zero-order valence-corrected chi connectivity index (χ0v) is 19.6. The zero-order valence-electron chi connectivity index (χ0n) is 17.2. The van der Waals surface area contributed by atoms with E-state index in [1.807, 2.05) is 5.32 Å². The molecule has 35 heavy (non-hydrogen) atoms. The number of sulfonamides is 1. The number of halogens is 4. The molecule has 0 bridgehead atoms. The summed E-state index contributed by atoms with van der Waals surface area (Å²) in [4.78, 5) is 49.0. The molecule has 2 aliphatic heterocycles. The lowest BCUT2D eigenvalue weighted by atomic mass is 10.0. The van der Waals surface area contributed by atoms with Crippen molar-refractivity contribution in [1.82, 2.24) is 10.2 Å². The molecule has 2 aromatic carbocycles. The normalized spacial score (nSPS) is 18.4. The molecular formula is C20H13BrF3N3O7S. The van der Waals surface area contributed by atoms with Crippen LogP contribution in [-0.4, -0.2) is 49.4 Å². The Morgan fingerprint density at radius 2 is 1.71 bits per heavy atom. The van der Waals surface area contributed by atoms with Crippen LogP contribution in [0.2, 0.25) is 0 Å². The molecule has 1 atom stereocenters. The Bertz CT molecular complexity index is 1390. The molecule has 0 aliphatic carbocycles. The Hall–Kier alpha value is -3.46. The van der Waals surface area contributed by atoms with Crippen LogP contribution in [0.5, 0.6) is 5.75 Å². The largest absolute Gasteiger partial charge is 0.573 e. The lowest BCUT2D eigenvalue weighted by Crippen LogP contribution is -2.54. The molecule has 1 fully saturated rings. The Morgan fingerprint density at radius 3 is 2.37 bits per heavy atom. The lowest BCUT2D eigenvalue weighted by Gasteiger charge is -2.27. The summed E-state index contributed by atoms with van der Waals surface area (Å²) in [6.07, 6.45) is -5.31. The van der Waals surface area contributed by atoms with Crippen molar-refractivity contribution in [2.24, 2.45) is 0 Å². The number of piperidine rings is 1. The number of anilines is 1. The summed E-state index contributed by atoms with van der Waals surface area (Å²) in [5, 5.41) is 2.05. The second kappa shape index (κ2) is 8.64. The SMILES string of the molecule is O=C1CCC(N2C(=O)c3ccc(NS(=O)(=O)c4ccc(Br)cc4OC(F)(F)F)cc3C2=O)C(=O)N1. The topological polar surface area (TPSA) is 139 Å². The summed E-state index contributed by atoms with van der Waals surface area (Å²) in [5.74, 6) is -4.03. The van der Waals surface area contributed by atoms with E-state index in [4.69, 9.17) is 0 Å².